The van der Waals surface area contributed by atoms with Crippen LogP contribution in [0, 0.1) is 18.8 Å². The summed E-state index contributed by atoms with van der Waals surface area (Å²) in [4.78, 5) is 4.24. The van der Waals surface area contributed by atoms with E-state index in [1.165, 1.54) is 32.3 Å². The second-order valence-corrected chi connectivity index (χ2v) is 6.41. The van der Waals surface area contributed by atoms with Crippen molar-refractivity contribution in [2.75, 3.05) is 0 Å². The van der Waals surface area contributed by atoms with Crippen LogP contribution >= 0.6 is 0 Å². The van der Waals surface area contributed by atoms with Gasteiger partial charge in [0.1, 0.15) is 0 Å². The van der Waals surface area contributed by atoms with Gasteiger partial charge in [-0.05, 0) is 57.4 Å². The smallest absolute Gasteiger partial charge is 0.0385 e. The van der Waals surface area contributed by atoms with Gasteiger partial charge in [0.25, 0.3) is 0 Å². The van der Waals surface area contributed by atoms with Crippen LogP contribution in [0.1, 0.15) is 16.8 Å². The van der Waals surface area contributed by atoms with Gasteiger partial charge in [0.05, 0.1) is 0 Å². The minimum Gasteiger partial charge on any atom is -0.262 e. The molecule has 1 aromatic heterocycles. The highest BCUT2D eigenvalue weighted by atomic mass is 14.6. The number of benzene rings is 4. The third kappa shape index (κ3) is 2.23. The van der Waals surface area contributed by atoms with Crippen molar-refractivity contribution in [3.63, 3.8) is 0 Å². The molecular weight excluding hydrogens is 302 g/mol. The van der Waals surface area contributed by atoms with Crippen molar-refractivity contribution in [1.82, 2.24) is 4.98 Å². The fourth-order valence-corrected chi connectivity index (χ4v) is 3.63. The predicted octanol–water partition coefficient (Wildman–Crippen LogP) is 5.69. The summed E-state index contributed by atoms with van der Waals surface area (Å²) in [5.41, 5.74) is 3.06. The maximum absolute atomic E-state index is 4.24. The normalized spacial score (nSPS) is 11.1. The van der Waals surface area contributed by atoms with E-state index in [0.29, 0.717) is 0 Å². The van der Waals surface area contributed by atoms with Crippen LogP contribution in [0.5, 0.6) is 0 Å². The van der Waals surface area contributed by atoms with Crippen molar-refractivity contribution in [3.8, 4) is 11.8 Å². The maximum atomic E-state index is 4.24. The SMILES string of the molecule is Cc1cc(C#Cc2cc3cccc4ccc5cccc2c5c43)ccn1. The molecule has 0 saturated carbocycles. The summed E-state index contributed by atoms with van der Waals surface area (Å²) in [6, 6.07) is 23.5. The summed E-state index contributed by atoms with van der Waals surface area (Å²) in [6.45, 7) is 1.99. The van der Waals surface area contributed by atoms with Gasteiger partial charge in [-0.1, -0.05) is 60.4 Å². The number of nitrogens with zero attached hydrogens (tertiary/aromatic N) is 1. The van der Waals surface area contributed by atoms with Gasteiger partial charge in [-0.25, -0.2) is 0 Å². The maximum Gasteiger partial charge on any atom is 0.0385 e. The summed E-state index contributed by atoms with van der Waals surface area (Å²) < 4.78 is 0. The fraction of sp³-hybridized carbons (Fsp3) is 0.0417. The molecule has 1 nitrogen and oxygen atoms in total. The molecule has 1 heteroatoms. The number of hydrogen-bond donors (Lipinski definition) is 0. The molecule has 0 amide bonds. The number of rotatable bonds is 0. The molecule has 0 fully saturated rings. The van der Waals surface area contributed by atoms with Gasteiger partial charge in [-0.2, -0.15) is 0 Å². The Morgan fingerprint density at radius 2 is 1.48 bits per heavy atom. The van der Waals surface area contributed by atoms with Gasteiger partial charge in [0, 0.05) is 23.0 Å². The van der Waals surface area contributed by atoms with E-state index in [0.717, 1.165) is 16.8 Å². The van der Waals surface area contributed by atoms with Crippen LogP contribution in [0.15, 0.2) is 72.9 Å². The second kappa shape index (κ2) is 5.33. The van der Waals surface area contributed by atoms with Gasteiger partial charge < -0.3 is 0 Å². The number of pyridine rings is 1. The van der Waals surface area contributed by atoms with Crippen molar-refractivity contribution < 1.29 is 0 Å². The molecule has 116 valence electrons. The first-order valence-corrected chi connectivity index (χ1v) is 8.41. The molecule has 0 aliphatic carbocycles. The highest BCUT2D eigenvalue weighted by Crippen LogP contribution is 2.36. The average molecular weight is 317 g/mol. The molecule has 5 rings (SSSR count). The summed E-state index contributed by atoms with van der Waals surface area (Å²) in [5, 5.41) is 7.67. The lowest BCUT2D eigenvalue weighted by molar-refractivity contribution is 1.19. The first kappa shape index (κ1) is 14.0. The monoisotopic (exact) mass is 317 g/mol. The molecule has 5 aromatic rings. The molecule has 0 aliphatic rings. The summed E-state index contributed by atoms with van der Waals surface area (Å²) >= 11 is 0. The fourth-order valence-electron chi connectivity index (χ4n) is 3.63. The van der Waals surface area contributed by atoms with Crippen LogP contribution in [-0.2, 0) is 0 Å². The standard InChI is InChI=1S/C24H15N/c1-16-14-17(12-13-25-16)8-9-20-15-21-6-2-4-18-10-11-19-5-3-7-22(20)24(19)23(18)21/h2-7,10-15H,1H3. The number of aromatic nitrogens is 1. The van der Waals surface area contributed by atoms with Gasteiger partial charge in [-0.15, -0.1) is 0 Å². The van der Waals surface area contributed by atoms with E-state index >= 15 is 0 Å². The minimum absolute atomic E-state index is 0.988. The van der Waals surface area contributed by atoms with E-state index in [-0.39, 0.29) is 0 Å². The molecule has 0 unspecified atom stereocenters. The zero-order chi connectivity index (χ0) is 16.8. The van der Waals surface area contributed by atoms with Crippen molar-refractivity contribution in [1.29, 1.82) is 0 Å². The topological polar surface area (TPSA) is 12.9 Å². The summed E-state index contributed by atoms with van der Waals surface area (Å²) in [6.07, 6.45) is 1.81. The minimum atomic E-state index is 0.988. The predicted molar refractivity (Wildman–Crippen MR) is 105 cm³/mol. The lowest BCUT2D eigenvalue weighted by Crippen LogP contribution is -1.87. The number of hydrogen-bond acceptors (Lipinski definition) is 1. The Bertz CT molecular complexity index is 1300. The van der Waals surface area contributed by atoms with Crippen LogP contribution in [0.25, 0.3) is 32.3 Å². The van der Waals surface area contributed by atoms with Gasteiger partial charge in [0.15, 0.2) is 0 Å². The zero-order valence-corrected chi connectivity index (χ0v) is 13.9. The highest BCUT2D eigenvalue weighted by molar-refractivity contribution is 6.24. The first-order chi connectivity index (χ1) is 12.3. The van der Waals surface area contributed by atoms with E-state index in [4.69, 9.17) is 0 Å². The molecule has 0 atom stereocenters. The molecule has 0 aliphatic heterocycles. The quantitative estimate of drug-likeness (QED) is 0.264. The molecule has 0 bridgehead atoms. The third-order valence-electron chi connectivity index (χ3n) is 4.75. The van der Waals surface area contributed by atoms with Crippen LogP contribution in [0.3, 0.4) is 0 Å². The Kier molecular flexibility index (Phi) is 2.99. The molecule has 1 heterocycles. The van der Waals surface area contributed by atoms with E-state index in [1.807, 2.05) is 25.3 Å². The average Bonchev–Trinajstić information content (AvgIpc) is 2.65. The largest absolute Gasteiger partial charge is 0.262 e. The molecule has 0 saturated heterocycles. The zero-order valence-electron chi connectivity index (χ0n) is 13.9. The molecule has 0 spiro atoms. The van der Waals surface area contributed by atoms with Crippen molar-refractivity contribution in [2.24, 2.45) is 0 Å². The Balaban J connectivity index is 1.84. The third-order valence-corrected chi connectivity index (χ3v) is 4.75. The summed E-state index contributed by atoms with van der Waals surface area (Å²) in [7, 11) is 0. The van der Waals surface area contributed by atoms with Crippen LogP contribution in [0.2, 0.25) is 0 Å². The molecule has 4 aromatic carbocycles. The Labute approximate surface area is 146 Å². The molecule has 25 heavy (non-hydrogen) atoms. The lowest BCUT2D eigenvalue weighted by Gasteiger charge is -2.12. The van der Waals surface area contributed by atoms with E-state index in [1.54, 1.807) is 0 Å². The summed E-state index contributed by atoms with van der Waals surface area (Å²) in [5.74, 6) is 6.69. The Morgan fingerprint density at radius 3 is 2.32 bits per heavy atom. The van der Waals surface area contributed by atoms with Crippen LogP contribution < -0.4 is 0 Å². The van der Waals surface area contributed by atoms with Crippen LogP contribution in [0.4, 0.5) is 0 Å². The lowest BCUT2D eigenvalue weighted by atomic mass is 9.91. The first-order valence-electron chi connectivity index (χ1n) is 8.41. The van der Waals surface area contributed by atoms with Gasteiger partial charge in [0.2, 0.25) is 0 Å². The Morgan fingerprint density at radius 1 is 0.720 bits per heavy atom. The van der Waals surface area contributed by atoms with E-state index in [2.05, 4.69) is 71.4 Å². The van der Waals surface area contributed by atoms with Crippen molar-refractivity contribution in [2.45, 2.75) is 6.92 Å². The molecule has 0 radical (unpaired) electrons. The Hall–Kier alpha value is -3.37. The van der Waals surface area contributed by atoms with E-state index < -0.39 is 0 Å². The molecule has 0 N–H and O–H groups in total. The van der Waals surface area contributed by atoms with Crippen molar-refractivity contribution in [3.05, 3.63) is 89.7 Å². The number of aryl methyl sites for hydroxylation is 1. The van der Waals surface area contributed by atoms with Gasteiger partial charge >= 0.3 is 0 Å². The van der Waals surface area contributed by atoms with Gasteiger partial charge in [-0.3, -0.25) is 4.98 Å². The second-order valence-electron chi connectivity index (χ2n) is 6.41. The molecular formula is C24H15N. The van der Waals surface area contributed by atoms with Crippen molar-refractivity contribution >= 4 is 32.3 Å². The highest BCUT2D eigenvalue weighted by Gasteiger charge is 2.10. The van der Waals surface area contributed by atoms with Crippen LogP contribution in [-0.4, -0.2) is 4.98 Å². The van der Waals surface area contributed by atoms with E-state index in [9.17, 15) is 0 Å².